The lowest BCUT2D eigenvalue weighted by Gasteiger charge is -2.17. The number of halogens is 1. The van der Waals surface area contributed by atoms with Gasteiger partial charge in [0, 0.05) is 38.4 Å². The first kappa shape index (κ1) is 16.8. The van der Waals surface area contributed by atoms with Crippen LogP contribution in [0.2, 0.25) is 0 Å². The molecule has 1 atom stereocenters. The van der Waals surface area contributed by atoms with E-state index < -0.39 is 11.7 Å². The van der Waals surface area contributed by atoms with Crippen LogP contribution in [0.1, 0.15) is 6.42 Å². The normalized spacial score (nSPS) is 16.8. The monoisotopic (exact) mass is 343 g/mol. The zero-order valence-electron chi connectivity index (χ0n) is 13.5. The molecule has 2 aromatic rings. The molecule has 1 aliphatic rings. The largest absolute Gasteiger partial charge is 0.354 e. The lowest BCUT2D eigenvalue weighted by molar-refractivity contribution is -0.126. The molecule has 1 fully saturated rings. The maximum Gasteiger partial charge on any atom is 0.227 e. The smallest absolute Gasteiger partial charge is 0.227 e. The van der Waals surface area contributed by atoms with E-state index in [1.54, 1.807) is 30.6 Å². The molecule has 2 amide bonds. The summed E-state index contributed by atoms with van der Waals surface area (Å²) in [6.45, 7) is 1.02. The highest BCUT2D eigenvalue weighted by atomic mass is 19.1. The molecule has 1 aliphatic heterocycles. The Labute approximate surface area is 144 Å². The Morgan fingerprint density at radius 2 is 1.96 bits per heavy atom. The number of nitrogens with zero attached hydrogens (tertiary/aromatic N) is 3. The fourth-order valence-electron chi connectivity index (χ4n) is 2.68. The zero-order valence-corrected chi connectivity index (χ0v) is 13.5. The van der Waals surface area contributed by atoms with E-state index in [0.29, 0.717) is 19.0 Å². The van der Waals surface area contributed by atoms with E-state index >= 15 is 0 Å². The van der Waals surface area contributed by atoms with Gasteiger partial charge in [-0.05, 0) is 18.2 Å². The van der Waals surface area contributed by atoms with Crippen LogP contribution in [0.25, 0.3) is 0 Å². The molecule has 8 heteroatoms. The van der Waals surface area contributed by atoms with Crippen molar-refractivity contribution in [3.8, 4) is 0 Å². The molecular weight excluding hydrogens is 325 g/mol. The van der Waals surface area contributed by atoms with Crippen molar-refractivity contribution in [3.63, 3.8) is 0 Å². The number of hydrogen-bond acceptors (Lipinski definition) is 5. The summed E-state index contributed by atoms with van der Waals surface area (Å²) in [6.07, 6.45) is 3.32. The van der Waals surface area contributed by atoms with Gasteiger partial charge in [-0.2, -0.15) is 0 Å². The van der Waals surface area contributed by atoms with Gasteiger partial charge in [-0.15, -0.1) is 0 Å². The number of aromatic nitrogens is 2. The topological polar surface area (TPSA) is 87.2 Å². The van der Waals surface area contributed by atoms with Gasteiger partial charge >= 0.3 is 0 Å². The third-order valence-corrected chi connectivity index (χ3v) is 3.91. The minimum Gasteiger partial charge on any atom is -0.354 e. The van der Waals surface area contributed by atoms with Gasteiger partial charge in [0.2, 0.25) is 17.8 Å². The maximum atomic E-state index is 13.8. The van der Waals surface area contributed by atoms with Crippen LogP contribution in [-0.4, -0.2) is 41.4 Å². The Bertz CT molecular complexity index is 756. The van der Waals surface area contributed by atoms with Crippen LogP contribution in [0, 0.1) is 11.7 Å². The number of amides is 2. The van der Waals surface area contributed by atoms with E-state index in [1.807, 2.05) is 0 Å². The van der Waals surface area contributed by atoms with Crippen molar-refractivity contribution in [2.75, 3.05) is 29.9 Å². The molecule has 2 N–H and O–H groups in total. The molecular formula is C17H18FN5O2. The first-order chi connectivity index (χ1) is 12.1. The van der Waals surface area contributed by atoms with Crippen LogP contribution in [0.4, 0.5) is 16.0 Å². The Balaban J connectivity index is 1.49. The number of carbonyl (C=O) groups is 2. The van der Waals surface area contributed by atoms with Gasteiger partial charge in [0.1, 0.15) is 5.82 Å². The number of rotatable bonds is 6. The number of anilines is 2. The van der Waals surface area contributed by atoms with Crippen molar-refractivity contribution in [2.24, 2.45) is 5.92 Å². The average Bonchev–Trinajstić information content (AvgIpc) is 3.01. The van der Waals surface area contributed by atoms with Crippen LogP contribution in [-0.2, 0) is 9.59 Å². The first-order valence-electron chi connectivity index (χ1n) is 7.98. The summed E-state index contributed by atoms with van der Waals surface area (Å²) in [4.78, 5) is 33.7. The van der Waals surface area contributed by atoms with E-state index in [1.165, 1.54) is 17.0 Å². The Morgan fingerprint density at radius 3 is 2.72 bits per heavy atom. The van der Waals surface area contributed by atoms with Crippen LogP contribution < -0.4 is 15.5 Å². The molecule has 2 heterocycles. The quantitative estimate of drug-likeness (QED) is 0.770. The summed E-state index contributed by atoms with van der Waals surface area (Å²) in [5, 5.41) is 5.75. The van der Waals surface area contributed by atoms with Crippen LogP contribution in [0.15, 0.2) is 42.7 Å². The van der Waals surface area contributed by atoms with Crippen molar-refractivity contribution >= 4 is 23.5 Å². The van der Waals surface area contributed by atoms with Crippen LogP contribution in [0.5, 0.6) is 0 Å². The van der Waals surface area contributed by atoms with Gasteiger partial charge in [-0.25, -0.2) is 14.4 Å². The van der Waals surface area contributed by atoms with Crippen molar-refractivity contribution in [1.29, 1.82) is 0 Å². The molecule has 25 heavy (non-hydrogen) atoms. The molecule has 1 saturated heterocycles. The van der Waals surface area contributed by atoms with Gasteiger partial charge in [-0.1, -0.05) is 12.1 Å². The zero-order chi connectivity index (χ0) is 17.6. The molecule has 0 bridgehead atoms. The van der Waals surface area contributed by atoms with E-state index in [2.05, 4.69) is 20.6 Å². The highest BCUT2D eigenvalue weighted by Crippen LogP contribution is 2.27. The number of para-hydroxylation sites is 1. The van der Waals surface area contributed by atoms with Crippen LogP contribution >= 0.6 is 0 Å². The Hall–Kier alpha value is -3.03. The van der Waals surface area contributed by atoms with Crippen molar-refractivity contribution < 1.29 is 14.0 Å². The molecule has 3 rings (SSSR count). The summed E-state index contributed by atoms with van der Waals surface area (Å²) in [5.74, 6) is -0.938. The van der Waals surface area contributed by atoms with Gasteiger partial charge < -0.3 is 15.5 Å². The van der Waals surface area contributed by atoms with Crippen molar-refractivity contribution in [1.82, 2.24) is 15.3 Å². The second-order valence-corrected chi connectivity index (χ2v) is 5.65. The van der Waals surface area contributed by atoms with Gasteiger partial charge in [-0.3, -0.25) is 9.59 Å². The van der Waals surface area contributed by atoms with Gasteiger partial charge in [0.05, 0.1) is 11.6 Å². The summed E-state index contributed by atoms with van der Waals surface area (Å²) in [6, 6.07) is 7.78. The number of carbonyl (C=O) groups excluding carboxylic acids is 2. The second kappa shape index (κ2) is 7.69. The fourth-order valence-corrected chi connectivity index (χ4v) is 2.68. The minimum atomic E-state index is -0.486. The Kier molecular flexibility index (Phi) is 5.17. The molecule has 0 unspecified atom stereocenters. The molecule has 1 aromatic carbocycles. The molecule has 0 saturated carbocycles. The molecule has 1 aromatic heterocycles. The maximum absolute atomic E-state index is 13.8. The van der Waals surface area contributed by atoms with E-state index in [4.69, 9.17) is 0 Å². The predicted molar refractivity (Wildman–Crippen MR) is 90.4 cm³/mol. The number of nitrogens with one attached hydrogen (secondary N) is 2. The Morgan fingerprint density at radius 1 is 1.20 bits per heavy atom. The van der Waals surface area contributed by atoms with Gasteiger partial charge in [0.25, 0.3) is 0 Å². The summed E-state index contributed by atoms with van der Waals surface area (Å²) in [5.41, 5.74) is 0.214. The average molecular weight is 343 g/mol. The lowest BCUT2D eigenvalue weighted by atomic mass is 10.1. The highest BCUT2D eigenvalue weighted by molar-refractivity contribution is 6.00. The summed E-state index contributed by atoms with van der Waals surface area (Å²) >= 11 is 0. The highest BCUT2D eigenvalue weighted by Gasteiger charge is 2.35. The third kappa shape index (κ3) is 4.09. The minimum absolute atomic E-state index is 0.0788. The molecule has 0 spiro atoms. The fraction of sp³-hybridized carbons (Fsp3) is 0.294. The van der Waals surface area contributed by atoms with Crippen molar-refractivity contribution in [3.05, 3.63) is 48.5 Å². The van der Waals surface area contributed by atoms with E-state index in [0.717, 1.165) is 0 Å². The van der Waals surface area contributed by atoms with E-state index in [-0.39, 0.29) is 30.5 Å². The number of benzene rings is 1. The third-order valence-electron chi connectivity index (χ3n) is 3.91. The summed E-state index contributed by atoms with van der Waals surface area (Å²) < 4.78 is 13.8. The summed E-state index contributed by atoms with van der Waals surface area (Å²) in [7, 11) is 0. The van der Waals surface area contributed by atoms with Crippen molar-refractivity contribution in [2.45, 2.75) is 6.42 Å². The molecule has 130 valence electrons. The lowest BCUT2D eigenvalue weighted by Crippen LogP contribution is -2.35. The SMILES string of the molecule is O=C(NCCNc1ncccn1)[C@H]1CC(=O)N(c2ccccc2F)C1. The number of hydrogen-bond donors (Lipinski definition) is 2. The van der Waals surface area contributed by atoms with Crippen LogP contribution in [0.3, 0.4) is 0 Å². The molecule has 0 radical (unpaired) electrons. The van der Waals surface area contributed by atoms with Gasteiger partial charge in [0.15, 0.2) is 0 Å². The first-order valence-corrected chi connectivity index (χ1v) is 7.98. The molecule has 7 nitrogen and oxygen atoms in total. The standard InChI is InChI=1S/C17H18FN5O2/c18-13-4-1-2-5-14(13)23-11-12(10-15(23)24)16(25)19-8-9-22-17-20-6-3-7-21-17/h1-7,12H,8-11H2,(H,19,25)(H,20,21,22)/t12-/m0/s1. The predicted octanol–water partition coefficient (Wildman–Crippen LogP) is 1.20. The van der Waals surface area contributed by atoms with E-state index in [9.17, 15) is 14.0 Å². The second-order valence-electron chi connectivity index (χ2n) is 5.65. The molecule has 0 aliphatic carbocycles.